The second-order valence-electron chi connectivity index (χ2n) is 7.38. The SMILES string of the molecule is CC1C(N(C)c2ncnc3[nH]ccc23)CC2(C(C)C)CC12. The number of fused-ring (bicyclic) bond motifs is 2. The van der Waals surface area contributed by atoms with E-state index < -0.39 is 0 Å². The number of H-pyrrole nitrogens is 1. The number of rotatable bonds is 3. The molecule has 2 aromatic rings. The van der Waals surface area contributed by atoms with Gasteiger partial charge in [-0.05, 0) is 42.1 Å². The highest BCUT2D eigenvalue weighted by atomic mass is 15.2. The summed E-state index contributed by atoms with van der Waals surface area (Å²) in [4.78, 5) is 14.4. The highest BCUT2D eigenvalue weighted by Gasteiger charge is 2.65. The van der Waals surface area contributed by atoms with Gasteiger partial charge in [0.2, 0.25) is 0 Å². The van der Waals surface area contributed by atoms with E-state index in [1.165, 1.54) is 12.8 Å². The zero-order chi connectivity index (χ0) is 14.8. The standard InChI is InChI=1S/C17H24N4/c1-10(2)17-7-13(17)11(3)14(8-17)21(4)16-12-5-6-18-15(12)19-9-20-16/h5-6,9-11,13-14H,7-8H2,1-4H3,(H,18,19,20). The van der Waals surface area contributed by atoms with E-state index >= 15 is 0 Å². The van der Waals surface area contributed by atoms with Crippen molar-refractivity contribution in [2.24, 2.45) is 23.2 Å². The fourth-order valence-corrected chi connectivity index (χ4v) is 4.82. The molecule has 2 saturated carbocycles. The lowest BCUT2D eigenvalue weighted by Crippen LogP contribution is -2.36. The number of anilines is 1. The first-order valence-corrected chi connectivity index (χ1v) is 8.05. The molecule has 1 N–H and O–H groups in total. The Labute approximate surface area is 126 Å². The van der Waals surface area contributed by atoms with Crippen LogP contribution < -0.4 is 4.90 Å². The zero-order valence-electron chi connectivity index (χ0n) is 13.3. The van der Waals surface area contributed by atoms with E-state index in [-0.39, 0.29) is 0 Å². The predicted octanol–water partition coefficient (Wildman–Crippen LogP) is 3.46. The van der Waals surface area contributed by atoms with Crippen LogP contribution in [-0.2, 0) is 0 Å². The van der Waals surface area contributed by atoms with Crippen LogP contribution in [0.1, 0.15) is 33.6 Å². The predicted molar refractivity (Wildman–Crippen MR) is 85.2 cm³/mol. The van der Waals surface area contributed by atoms with Gasteiger partial charge in [0.05, 0.1) is 5.39 Å². The van der Waals surface area contributed by atoms with E-state index in [1.54, 1.807) is 6.33 Å². The summed E-state index contributed by atoms with van der Waals surface area (Å²) in [5, 5.41) is 1.13. The fraction of sp³-hybridized carbons (Fsp3) is 0.647. The molecule has 0 radical (unpaired) electrons. The van der Waals surface area contributed by atoms with Crippen molar-refractivity contribution in [2.45, 2.75) is 39.7 Å². The maximum atomic E-state index is 4.56. The summed E-state index contributed by atoms with van der Waals surface area (Å²) in [5.41, 5.74) is 1.53. The van der Waals surface area contributed by atoms with Crippen molar-refractivity contribution in [3.05, 3.63) is 18.6 Å². The van der Waals surface area contributed by atoms with Crippen LogP contribution in [0.4, 0.5) is 5.82 Å². The molecule has 2 aromatic heterocycles. The third kappa shape index (κ3) is 1.68. The Balaban J connectivity index is 1.67. The van der Waals surface area contributed by atoms with E-state index in [1.807, 2.05) is 6.20 Å². The van der Waals surface area contributed by atoms with Gasteiger partial charge in [0, 0.05) is 19.3 Å². The van der Waals surface area contributed by atoms with E-state index in [0.29, 0.717) is 11.5 Å². The van der Waals surface area contributed by atoms with Crippen LogP contribution in [-0.4, -0.2) is 28.0 Å². The summed E-state index contributed by atoms with van der Waals surface area (Å²) in [6.07, 6.45) is 6.35. The fourth-order valence-electron chi connectivity index (χ4n) is 4.82. The molecule has 0 saturated heterocycles. The topological polar surface area (TPSA) is 44.8 Å². The summed E-state index contributed by atoms with van der Waals surface area (Å²) in [6.45, 7) is 7.22. The van der Waals surface area contributed by atoms with Crippen molar-refractivity contribution in [1.29, 1.82) is 0 Å². The molecule has 2 heterocycles. The van der Waals surface area contributed by atoms with Crippen molar-refractivity contribution in [2.75, 3.05) is 11.9 Å². The normalized spacial score (nSPS) is 34.4. The van der Waals surface area contributed by atoms with Gasteiger partial charge < -0.3 is 9.88 Å². The molecule has 4 atom stereocenters. The first-order valence-electron chi connectivity index (χ1n) is 8.05. The largest absolute Gasteiger partial charge is 0.356 e. The zero-order valence-corrected chi connectivity index (χ0v) is 13.3. The van der Waals surface area contributed by atoms with Gasteiger partial charge in [-0.25, -0.2) is 9.97 Å². The summed E-state index contributed by atoms with van der Waals surface area (Å²) in [5.74, 6) is 3.52. The number of aromatic nitrogens is 3. The smallest absolute Gasteiger partial charge is 0.142 e. The number of nitrogens with one attached hydrogen (secondary N) is 1. The molecule has 0 aliphatic heterocycles. The molecule has 4 rings (SSSR count). The van der Waals surface area contributed by atoms with Gasteiger partial charge in [-0.15, -0.1) is 0 Å². The van der Waals surface area contributed by atoms with Crippen molar-refractivity contribution in [3.63, 3.8) is 0 Å². The monoisotopic (exact) mass is 284 g/mol. The van der Waals surface area contributed by atoms with Crippen molar-refractivity contribution >= 4 is 16.9 Å². The molecule has 0 bridgehead atoms. The van der Waals surface area contributed by atoms with Gasteiger partial charge in [0.15, 0.2) is 0 Å². The van der Waals surface area contributed by atoms with E-state index in [2.05, 4.69) is 53.7 Å². The Morgan fingerprint density at radius 2 is 2.14 bits per heavy atom. The van der Waals surface area contributed by atoms with Gasteiger partial charge in [0.1, 0.15) is 17.8 Å². The van der Waals surface area contributed by atoms with Crippen LogP contribution >= 0.6 is 0 Å². The summed E-state index contributed by atoms with van der Waals surface area (Å²) in [7, 11) is 2.20. The van der Waals surface area contributed by atoms with Crippen molar-refractivity contribution in [3.8, 4) is 0 Å². The molecule has 4 unspecified atom stereocenters. The number of hydrogen-bond donors (Lipinski definition) is 1. The second-order valence-corrected chi connectivity index (χ2v) is 7.38. The van der Waals surface area contributed by atoms with E-state index in [0.717, 1.165) is 34.6 Å². The molecule has 2 aliphatic carbocycles. The van der Waals surface area contributed by atoms with Gasteiger partial charge in [-0.2, -0.15) is 0 Å². The third-order valence-corrected chi connectivity index (χ3v) is 6.32. The maximum Gasteiger partial charge on any atom is 0.142 e. The van der Waals surface area contributed by atoms with Crippen LogP contribution in [0.5, 0.6) is 0 Å². The Hall–Kier alpha value is -1.58. The van der Waals surface area contributed by atoms with Gasteiger partial charge >= 0.3 is 0 Å². The molecule has 112 valence electrons. The van der Waals surface area contributed by atoms with Crippen molar-refractivity contribution < 1.29 is 0 Å². The van der Waals surface area contributed by atoms with Crippen LogP contribution in [0.3, 0.4) is 0 Å². The van der Waals surface area contributed by atoms with Crippen LogP contribution in [0.25, 0.3) is 11.0 Å². The number of aromatic amines is 1. The molecule has 2 fully saturated rings. The van der Waals surface area contributed by atoms with Crippen molar-refractivity contribution in [1.82, 2.24) is 15.0 Å². The molecule has 4 nitrogen and oxygen atoms in total. The molecular weight excluding hydrogens is 260 g/mol. The number of nitrogens with zero attached hydrogens (tertiary/aromatic N) is 3. The molecule has 21 heavy (non-hydrogen) atoms. The van der Waals surface area contributed by atoms with E-state index in [9.17, 15) is 0 Å². The molecular formula is C17H24N4. The lowest BCUT2D eigenvalue weighted by molar-refractivity contribution is 0.333. The van der Waals surface area contributed by atoms with Gasteiger partial charge in [0.25, 0.3) is 0 Å². The molecule has 0 aromatic carbocycles. The lowest BCUT2D eigenvalue weighted by Gasteiger charge is -2.32. The van der Waals surface area contributed by atoms with Gasteiger partial charge in [-0.1, -0.05) is 20.8 Å². The Morgan fingerprint density at radius 1 is 1.33 bits per heavy atom. The van der Waals surface area contributed by atoms with Gasteiger partial charge in [-0.3, -0.25) is 0 Å². The molecule has 4 heteroatoms. The lowest BCUT2D eigenvalue weighted by atomic mass is 9.89. The minimum Gasteiger partial charge on any atom is -0.356 e. The summed E-state index contributed by atoms with van der Waals surface area (Å²) < 4.78 is 0. The van der Waals surface area contributed by atoms with E-state index in [4.69, 9.17) is 0 Å². The minimum absolute atomic E-state index is 0.596. The highest BCUT2D eigenvalue weighted by Crippen LogP contribution is 2.70. The average Bonchev–Trinajstić information content (AvgIpc) is 2.87. The minimum atomic E-state index is 0.596. The highest BCUT2D eigenvalue weighted by molar-refractivity contribution is 5.87. The Kier molecular flexibility index (Phi) is 2.63. The van der Waals surface area contributed by atoms with Crippen LogP contribution in [0.15, 0.2) is 18.6 Å². The quantitative estimate of drug-likeness (QED) is 0.938. The van der Waals surface area contributed by atoms with Crippen LogP contribution in [0.2, 0.25) is 0 Å². The Bertz CT molecular complexity index is 676. The third-order valence-electron chi connectivity index (χ3n) is 6.32. The molecule has 0 amide bonds. The average molecular weight is 284 g/mol. The maximum absolute atomic E-state index is 4.56. The first kappa shape index (κ1) is 13.1. The summed E-state index contributed by atoms with van der Waals surface area (Å²) in [6, 6.07) is 2.68. The first-order chi connectivity index (χ1) is 10.0. The second kappa shape index (κ2) is 4.21. The van der Waals surface area contributed by atoms with Crippen LogP contribution in [0, 0.1) is 23.2 Å². The number of hydrogen-bond acceptors (Lipinski definition) is 3. The molecule has 0 spiro atoms. The molecule has 2 aliphatic rings. The summed E-state index contributed by atoms with van der Waals surface area (Å²) >= 11 is 0. The Morgan fingerprint density at radius 3 is 2.86 bits per heavy atom.